The van der Waals surface area contributed by atoms with Crippen molar-refractivity contribution in [3.8, 4) is 0 Å². The smallest absolute Gasteiger partial charge is 0.333 e. The van der Waals surface area contributed by atoms with Gasteiger partial charge >= 0.3 is 5.97 Å². The maximum absolute atomic E-state index is 12.5. The van der Waals surface area contributed by atoms with Gasteiger partial charge < -0.3 is 70.4 Å². The highest BCUT2D eigenvalue weighted by atomic mass is 16.7. The fourth-order valence-corrected chi connectivity index (χ4v) is 6.91. The third kappa shape index (κ3) is 15.6. The number of hydrogen-bond donors (Lipinski definition) is 11. The molecule has 1 fully saturated rings. The van der Waals surface area contributed by atoms with Crippen molar-refractivity contribution in [3.05, 3.63) is 46.6 Å². The third-order valence-electron chi connectivity index (χ3n) is 10.6. The van der Waals surface area contributed by atoms with Crippen molar-refractivity contribution in [1.82, 2.24) is 0 Å². The Morgan fingerprint density at radius 2 is 1.21 bits per heavy atom. The summed E-state index contributed by atoms with van der Waals surface area (Å²) in [6.45, 7) is 16.4. The normalized spacial score (nSPS) is 28.3. The van der Waals surface area contributed by atoms with Crippen molar-refractivity contribution < 1.29 is 75.2 Å². The minimum Gasteiger partial charge on any atom is -0.459 e. The van der Waals surface area contributed by atoms with Crippen LogP contribution in [0.4, 0.5) is 0 Å². The molecule has 1 saturated heterocycles. The van der Waals surface area contributed by atoms with E-state index in [4.69, 9.17) is 19.3 Å². The number of aliphatic hydroxyl groups is 11. The molecule has 0 amide bonds. The van der Waals surface area contributed by atoms with E-state index in [2.05, 4.69) is 26.8 Å². The van der Waals surface area contributed by atoms with Gasteiger partial charge in [-0.1, -0.05) is 72.3 Å². The summed E-state index contributed by atoms with van der Waals surface area (Å²) in [6.07, 6.45) is -8.04. The van der Waals surface area contributed by atoms with Gasteiger partial charge in [0, 0.05) is 23.3 Å². The first kappa shape index (κ1) is 51.9. The van der Waals surface area contributed by atoms with E-state index in [1.807, 2.05) is 19.9 Å². The number of allylic oxidation sites excluding steroid dienone is 1. The fourth-order valence-electron chi connectivity index (χ4n) is 6.91. The molecular formula is C41H72O15. The number of rotatable bonds is 23. The molecule has 1 heterocycles. The fraction of sp³-hybridized carbons (Fsp3) is 0.780. The lowest BCUT2D eigenvalue weighted by Gasteiger charge is -2.41. The lowest BCUT2D eigenvalue weighted by molar-refractivity contribution is -0.310. The van der Waals surface area contributed by atoms with Crippen LogP contribution >= 0.6 is 0 Å². The summed E-state index contributed by atoms with van der Waals surface area (Å²) in [5, 5.41) is 112. The highest BCUT2D eigenvalue weighted by molar-refractivity contribution is 5.87. The summed E-state index contributed by atoms with van der Waals surface area (Å²) < 4.78 is 17.0. The first-order valence-corrected chi connectivity index (χ1v) is 19.6. The van der Waals surface area contributed by atoms with Crippen LogP contribution < -0.4 is 0 Å². The number of esters is 1. The van der Waals surface area contributed by atoms with Crippen LogP contribution in [0, 0.1) is 29.6 Å². The van der Waals surface area contributed by atoms with Crippen molar-refractivity contribution in [2.75, 3.05) is 19.8 Å². The van der Waals surface area contributed by atoms with Gasteiger partial charge in [0.25, 0.3) is 0 Å². The Labute approximate surface area is 332 Å². The molecule has 0 aliphatic carbocycles. The molecule has 1 aliphatic heterocycles. The summed E-state index contributed by atoms with van der Waals surface area (Å²) in [5.41, 5.74) is 2.06. The van der Waals surface area contributed by atoms with E-state index in [0.29, 0.717) is 17.1 Å². The van der Waals surface area contributed by atoms with Crippen LogP contribution in [0.15, 0.2) is 46.6 Å². The lowest BCUT2D eigenvalue weighted by Crippen LogP contribution is -2.60. The van der Waals surface area contributed by atoms with Crippen molar-refractivity contribution in [2.45, 2.75) is 156 Å². The summed E-state index contributed by atoms with van der Waals surface area (Å²) in [7, 11) is 0. The van der Waals surface area contributed by atoms with E-state index in [0.717, 1.165) is 18.4 Å². The summed E-state index contributed by atoms with van der Waals surface area (Å²) in [6, 6.07) is 0. The van der Waals surface area contributed by atoms with Crippen LogP contribution in [0.5, 0.6) is 0 Å². The Morgan fingerprint density at radius 3 is 1.73 bits per heavy atom. The molecule has 56 heavy (non-hydrogen) atoms. The second-order valence-electron chi connectivity index (χ2n) is 15.9. The largest absolute Gasteiger partial charge is 0.459 e. The van der Waals surface area contributed by atoms with E-state index in [1.165, 1.54) is 13.0 Å². The number of hydrogen-bond acceptors (Lipinski definition) is 15. The molecule has 0 aromatic rings. The van der Waals surface area contributed by atoms with Gasteiger partial charge in [-0.25, -0.2) is 4.79 Å². The molecule has 0 aromatic carbocycles. The van der Waals surface area contributed by atoms with Crippen LogP contribution in [0.25, 0.3) is 0 Å². The predicted octanol–water partition coefficient (Wildman–Crippen LogP) is 0.638. The molecular weight excluding hydrogens is 732 g/mol. The SMILES string of the molecule is CCC(C)CC(C)C=C(C)C(OC1OC(CO)C(O)C(O)C1O)C(C)C=C(C)C(O)C(C)C=C(C)C(O)C(C)C=C(C)C(=O)OCC(O)C(O)C(O)C(O)CO. The zero-order valence-electron chi connectivity index (χ0n) is 34.7. The molecule has 1 rings (SSSR count). The highest BCUT2D eigenvalue weighted by Gasteiger charge is 2.45. The summed E-state index contributed by atoms with van der Waals surface area (Å²) in [4.78, 5) is 12.5. The molecule has 0 saturated carbocycles. The molecule has 0 radical (unpaired) electrons. The van der Waals surface area contributed by atoms with Gasteiger partial charge in [0.15, 0.2) is 6.29 Å². The van der Waals surface area contributed by atoms with Crippen LogP contribution in [-0.2, 0) is 19.0 Å². The van der Waals surface area contributed by atoms with Gasteiger partial charge in [-0.2, -0.15) is 0 Å². The Morgan fingerprint density at radius 1 is 0.696 bits per heavy atom. The monoisotopic (exact) mass is 804 g/mol. The molecule has 0 aromatic heterocycles. The molecule has 0 bridgehead atoms. The molecule has 0 spiro atoms. The average Bonchev–Trinajstić information content (AvgIpc) is 3.16. The van der Waals surface area contributed by atoms with Gasteiger partial charge in [0.05, 0.1) is 31.5 Å². The molecule has 326 valence electrons. The van der Waals surface area contributed by atoms with Gasteiger partial charge in [-0.3, -0.25) is 0 Å². The quantitative estimate of drug-likeness (QED) is 0.0385. The maximum Gasteiger partial charge on any atom is 0.333 e. The third-order valence-corrected chi connectivity index (χ3v) is 10.6. The molecule has 17 unspecified atom stereocenters. The average molecular weight is 805 g/mol. The van der Waals surface area contributed by atoms with Crippen molar-refractivity contribution >= 4 is 5.97 Å². The van der Waals surface area contributed by atoms with Gasteiger partial charge in [0.2, 0.25) is 0 Å². The number of carbonyl (C=O) groups is 1. The van der Waals surface area contributed by atoms with Gasteiger partial charge in [-0.15, -0.1) is 0 Å². The molecule has 1 aliphatic rings. The molecule has 15 heteroatoms. The Hall–Kier alpha value is -2.09. The minimum atomic E-state index is -1.89. The standard InChI is InChI=1S/C41H72O15/c1-11-20(2)12-21(3)13-26(8)39(56-41-38(52)37(51)36(50)31(18-43)55-41)27(9)15-24(6)32(46)22(4)14-23(5)33(47)25(7)16-28(10)40(53)54-19-30(45)35(49)34(48)29(44)17-42/h13-16,20-22,25,27,29-39,41-52H,11-12,17-19H2,1-10H3. The highest BCUT2D eigenvalue weighted by Crippen LogP contribution is 2.30. The van der Waals surface area contributed by atoms with Crippen LogP contribution in [-0.4, -0.2) is 155 Å². The lowest BCUT2D eigenvalue weighted by atomic mass is 9.87. The maximum atomic E-state index is 12.5. The second kappa shape index (κ2) is 24.7. The summed E-state index contributed by atoms with van der Waals surface area (Å²) >= 11 is 0. The molecule has 11 N–H and O–H groups in total. The van der Waals surface area contributed by atoms with E-state index < -0.39 is 111 Å². The topological polar surface area (TPSA) is 267 Å². The van der Waals surface area contributed by atoms with E-state index in [-0.39, 0.29) is 17.4 Å². The van der Waals surface area contributed by atoms with Crippen molar-refractivity contribution in [3.63, 3.8) is 0 Å². The van der Waals surface area contributed by atoms with E-state index >= 15 is 0 Å². The van der Waals surface area contributed by atoms with Crippen LogP contribution in [0.2, 0.25) is 0 Å². The molecule has 15 nitrogen and oxygen atoms in total. The van der Waals surface area contributed by atoms with Crippen LogP contribution in [0.1, 0.15) is 82.1 Å². The first-order valence-electron chi connectivity index (χ1n) is 19.6. The summed E-state index contributed by atoms with van der Waals surface area (Å²) in [5.74, 6) is -1.61. The Bertz CT molecular complexity index is 1300. The Kier molecular flexibility index (Phi) is 22.9. The first-order chi connectivity index (χ1) is 26.0. The van der Waals surface area contributed by atoms with Crippen LogP contribution in [0.3, 0.4) is 0 Å². The van der Waals surface area contributed by atoms with Gasteiger partial charge in [0.1, 0.15) is 55.4 Å². The predicted molar refractivity (Wildman–Crippen MR) is 208 cm³/mol. The Balaban J connectivity index is 3.16. The minimum absolute atomic E-state index is 0.0990. The zero-order valence-corrected chi connectivity index (χ0v) is 34.7. The number of ether oxygens (including phenoxy) is 3. The molecule has 17 atom stereocenters. The number of aliphatic hydroxyl groups excluding tert-OH is 11. The zero-order chi connectivity index (χ0) is 43.2. The van der Waals surface area contributed by atoms with E-state index in [9.17, 15) is 55.9 Å². The van der Waals surface area contributed by atoms with E-state index in [1.54, 1.807) is 33.8 Å². The van der Waals surface area contributed by atoms with Crippen molar-refractivity contribution in [1.29, 1.82) is 0 Å². The second-order valence-corrected chi connectivity index (χ2v) is 15.9. The number of carbonyl (C=O) groups excluding carboxylic acids is 1. The van der Waals surface area contributed by atoms with Crippen molar-refractivity contribution in [2.24, 2.45) is 29.6 Å². The van der Waals surface area contributed by atoms with Gasteiger partial charge in [-0.05, 0) is 62.7 Å².